The lowest BCUT2D eigenvalue weighted by atomic mass is 10.2. The van der Waals surface area contributed by atoms with E-state index in [9.17, 15) is 19.5 Å². The highest BCUT2D eigenvalue weighted by Crippen LogP contribution is 2.32. The average molecular weight is 565 g/mol. The number of hydrogen-bond acceptors (Lipinski definition) is 6. The van der Waals surface area contributed by atoms with Gasteiger partial charge in [0.15, 0.2) is 0 Å². The molecule has 0 aromatic heterocycles. The van der Waals surface area contributed by atoms with Crippen molar-refractivity contribution in [2.45, 2.75) is 25.4 Å². The van der Waals surface area contributed by atoms with Crippen molar-refractivity contribution >= 4 is 58.4 Å². The predicted molar refractivity (Wildman–Crippen MR) is 147 cm³/mol. The van der Waals surface area contributed by atoms with Crippen LogP contribution in [0.15, 0.2) is 41.4 Å². The summed E-state index contributed by atoms with van der Waals surface area (Å²) in [5.74, 6) is -0.639. The number of hydrogen-bond donors (Lipinski definition) is 3. The fourth-order valence-corrected chi connectivity index (χ4v) is 4.71. The van der Waals surface area contributed by atoms with Gasteiger partial charge in [0.25, 0.3) is 5.91 Å². The quantitative estimate of drug-likeness (QED) is 0.327. The second-order valence-corrected chi connectivity index (χ2v) is 9.76. The van der Waals surface area contributed by atoms with Crippen molar-refractivity contribution in [3.63, 3.8) is 0 Å². The number of aliphatic imine (C=N–C) groups is 1. The Kier molecular flexibility index (Phi) is 9.78. The van der Waals surface area contributed by atoms with Gasteiger partial charge in [0, 0.05) is 12.2 Å². The van der Waals surface area contributed by atoms with Crippen molar-refractivity contribution in [1.29, 1.82) is 0 Å². The van der Waals surface area contributed by atoms with Gasteiger partial charge in [0.05, 0.1) is 35.9 Å². The molecular weight excluding hydrogens is 535 g/mol. The number of halogens is 2. The number of carbonyl (C=O) groups is 3. The summed E-state index contributed by atoms with van der Waals surface area (Å²) >= 11 is 12.6. The van der Waals surface area contributed by atoms with Crippen LogP contribution in [0.1, 0.15) is 18.4 Å². The summed E-state index contributed by atoms with van der Waals surface area (Å²) in [5.41, 5.74) is 7.41. The highest BCUT2D eigenvalue weighted by atomic mass is 35.5. The smallest absolute Gasteiger partial charge is 0.414 e. The van der Waals surface area contributed by atoms with Crippen LogP contribution in [0.3, 0.4) is 0 Å². The molecule has 0 bridgehead atoms. The molecule has 1 aliphatic rings. The molecular formula is C25H30Cl2N6O5. The standard InChI is InChI=1S/C25H30Cl2N6O5/c1-31(2)14-21(34)29-22-18(26)11-15(12-19(22)27)13-33(25(36)37)24(28)30-23(35)20-5-4-10-32(20)16-6-8-17(38-3)9-7-16/h6-9,11-12,20H,4-5,10,13-14H2,1-3H3,(H,29,34)(H,36,37)(H2,28,30,35). The Morgan fingerprint density at radius 2 is 1.82 bits per heavy atom. The number of benzene rings is 2. The van der Waals surface area contributed by atoms with E-state index < -0.39 is 24.0 Å². The lowest BCUT2D eigenvalue weighted by molar-refractivity contribution is -0.119. The average Bonchev–Trinajstić information content (AvgIpc) is 3.34. The molecule has 1 aliphatic heterocycles. The van der Waals surface area contributed by atoms with Crippen LogP contribution in [0.25, 0.3) is 0 Å². The third-order valence-corrected chi connectivity index (χ3v) is 6.44. The summed E-state index contributed by atoms with van der Waals surface area (Å²) in [6.45, 7) is 0.504. The molecule has 13 heteroatoms. The molecule has 1 fully saturated rings. The van der Waals surface area contributed by atoms with E-state index in [1.165, 1.54) is 12.1 Å². The molecule has 3 amide bonds. The van der Waals surface area contributed by atoms with Crippen LogP contribution in [0.5, 0.6) is 5.75 Å². The normalized spacial score (nSPS) is 15.5. The predicted octanol–water partition coefficient (Wildman–Crippen LogP) is 3.49. The van der Waals surface area contributed by atoms with Crippen LogP contribution in [-0.4, -0.2) is 79.1 Å². The molecule has 1 saturated heterocycles. The summed E-state index contributed by atoms with van der Waals surface area (Å²) in [5, 5.41) is 12.6. The van der Waals surface area contributed by atoms with Crippen LogP contribution >= 0.6 is 23.2 Å². The Morgan fingerprint density at radius 1 is 1.18 bits per heavy atom. The van der Waals surface area contributed by atoms with E-state index in [0.29, 0.717) is 24.3 Å². The van der Waals surface area contributed by atoms with E-state index >= 15 is 0 Å². The zero-order valence-electron chi connectivity index (χ0n) is 21.3. The summed E-state index contributed by atoms with van der Waals surface area (Å²) < 4.78 is 5.19. The number of carbonyl (C=O) groups excluding carboxylic acids is 2. The first-order valence-electron chi connectivity index (χ1n) is 11.7. The van der Waals surface area contributed by atoms with E-state index in [0.717, 1.165) is 17.0 Å². The fraction of sp³-hybridized carbons (Fsp3) is 0.360. The number of nitrogens with one attached hydrogen (secondary N) is 1. The Balaban J connectivity index is 1.76. The molecule has 0 saturated carbocycles. The van der Waals surface area contributed by atoms with E-state index in [1.807, 2.05) is 17.0 Å². The van der Waals surface area contributed by atoms with Crippen molar-refractivity contribution in [3.05, 3.63) is 52.0 Å². The molecule has 4 N–H and O–H groups in total. The number of carboxylic acid groups (broad SMARTS) is 1. The Bertz CT molecular complexity index is 1200. The lowest BCUT2D eigenvalue weighted by Gasteiger charge is -2.25. The van der Waals surface area contributed by atoms with Crippen molar-refractivity contribution in [3.8, 4) is 5.75 Å². The van der Waals surface area contributed by atoms with Gasteiger partial charge in [0.2, 0.25) is 11.9 Å². The molecule has 1 atom stereocenters. The number of ether oxygens (including phenoxy) is 1. The van der Waals surface area contributed by atoms with Gasteiger partial charge in [-0.05, 0) is 68.9 Å². The largest absolute Gasteiger partial charge is 0.497 e. The molecule has 1 unspecified atom stereocenters. The first kappa shape index (κ1) is 29.0. The number of rotatable bonds is 8. The highest BCUT2D eigenvalue weighted by molar-refractivity contribution is 6.39. The van der Waals surface area contributed by atoms with Crippen molar-refractivity contribution in [2.75, 3.05) is 44.5 Å². The zero-order chi connectivity index (χ0) is 28.0. The van der Waals surface area contributed by atoms with E-state index in [1.54, 1.807) is 38.2 Å². The lowest BCUT2D eigenvalue weighted by Crippen LogP contribution is -2.43. The van der Waals surface area contributed by atoms with Gasteiger partial charge < -0.3 is 30.7 Å². The number of likely N-dealkylation sites (N-methyl/N-ethyl adjacent to an activating group) is 1. The summed E-state index contributed by atoms with van der Waals surface area (Å²) in [6, 6.07) is 9.65. The van der Waals surface area contributed by atoms with Gasteiger partial charge in [-0.15, -0.1) is 0 Å². The number of nitrogens with zero attached hydrogens (tertiary/aromatic N) is 4. The van der Waals surface area contributed by atoms with E-state index in [4.69, 9.17) is 33.7 Å². The van der Waals surface area contributed by atoms with Crippen molar-refractivity contribution < 1.29 is 24.2 Å². The van der Waals surface area contributed by atoms with Crippen LogP contribution in [0, 0.1) is 0 Å². The van der Waals surface area contributed by atoms with Crippen molar-refractivity contribution in [1.82, 2.24) is 9.80 Å². The molecule has 1 heterocycles. The molecule has 0 spiro atoms. The Hall–Kier alpha value is -3.54. The maximum atomic E-state index is 13.0. The van der Waals surface area contributed by atoms with Crippen LogP contribution in [0.4, 0.5) is 16.2 Å². The summed E-state index contributed by atoms with van der Waals surface area (Å²) in [4.78, 5) is 45.4. The van der Waals surface area contributed by atoms with Gasteiger partial charge in [0.1, 0.15) is 11.8 Å². The Labute approximate surface area is 230 Å². The van der Waals surface area contributed by atoms with Crippen LogP contribution in [-0.2, 0) is 16.1 Å². The third kappa shape index (κ3) is 7.27. The third-order valence-electron chi connectivity index (χ3n) is 5.84. The highest BCUT2D eigenvalue weighted by Gasteiger charge is 2.32. The first-order chi connectivity index (χ1) is 18.0. The molecule has 2 aromatic rings. The molecule has 0 radical (unpaired) electrons. The molecule has 2 aromatic carbocycles. The van der Waals surface area contributed by atoms with E-state index in [2.05, 4.69) is 10.3 Å². The Morgan fingerprint density at radius 3 is 2.37 bits per heavy atom. The first-order valence-corrected chi connectivity index (χ1v) is 12.5. The number of guanidine groups is 1. The van der Waals surface area contributed by atoms with Gasteiger partial charge in [-0.3, -0.25) is 9.59 Å². The van der Waals surface area contributed by atoms with Crippen LogP contribution < -0.4 is 20.7 Å². The molecule has 11 nitrogen and oxygen atoms in total. The second-order valence-electron chi connectivity index (χ2n) is 8.95. The van der Waals surface area contributed by atoms with Crippen molar-refractivity contribution in [2.24, 2.45) is 10.7 Å². The van der Waals surface area contributed by atoms with Gasteiger partial charge in [-0.2, -0.15) is 4.99 Å². The maximum absolute atomic E-state index is 13.0. The molecule has 204 valence electrons. The number of anilines is 2. The monoisotopic (exact) mass is 564 g/mol. The minimum absolute atomic E-state index is 0.123. The van der Waals surface area contributed by atoms with Crippen LogP contribution in [0.2, 0.25) is 10.0 Å². The van der Waals surface area contributed by atoms with Gasteiger partial charge in [-0.1, -0.05) is 23.2 Å². The van der Waals surface area contributed by atoms with E-state index in [-0.39, 0.29) is 34.7 Å². The molecule has 38 heavy (non-hydrogen) atoms. The number of amides is 3. The topological polar surface area (TPSA) is 141 Å². The maximum Gasteiger partial charge on any atom is 0.414 e. The van der Waals surface area contributed by atoms with Gasteiger partial charge >= 0.3 is 6.09 Å². The molecule has 3 rings (SSSR count). The summed E-state index contributed by atoms with van der Waals surface area (Å²) in [6.07, 6.45) is -0.0799. The minimum atomic E-state index is -1.41. The fourth-order valence-electron chi connectivity index (χ4n) is 4.09. The number of methoxy groups -OCH3 is 1. The molecule has 0 aliphatic carbocycles. The minimum Gasteiger partial charge on any atom is -0.497 e. The second kappa shape index (κ2) is 12.8. The van der Waals surface area contributed by atoms with Gasteiger partial charge in [-0.25, -0.2) is 9.69 Å². The SMILES string of the molecule is COc1ccc(N2CCCC2C(=O)N=C(N)N(Cc2cc(Cl)c(NC(=O)CN(C)C)c(Cl)c2)C(=O)O)cc1. The number of nitrogens with two attached hydrogens (primary N) is 1. The summed E-state index contributed by atoms with van der Waals surface area (Å²) in [7, 11) is 5.06. The zero-order valence-corrected chi connectivity index (χ0v) is 22.8.